The summed E-state index contributed by atoms with van der Waals surface area (Å²) in [6, 6.07) is 39.4. The molecule has 6 aromatic rings. The Labute approximate surface area is 232 Å². The van der Waals surface area contributed by atoms with Crippen molar-refractivity contribution in [3.8, 4) is 17.0 Å². The van der Waals surface area contributed by atoms with Crippen LogP contribution >= 0.6 is 0 Å². The molecule has 0 saturated carbocycles. The Hall–Kier alpha value is -5.03. The van der Waals surface area contributed by atoms with Gasteiger partial charge in [0.1, 0.15) is 6.21 Å². The fourth-order valence-corrected chi connectivity index (χ4v) is 7.41. The van der Waals surface area contributed by atoms with Crippen molar-refractivity contribution in [3.63, 3.8) is 0 Å². The molecular weight excluding hydrogens is 489 g/mol. The maximum Gasteiger partial charge on any atom is 0.597 e. The summed E-state index contributed by atoms with van der Waals surface area (Å²) >= 11 is 0. The van der Waals surface area contributed by atoms with E-state index < -0.39 is 6.62 Å². The molecule has 1 atom stereocenters. The van der Waals surface area contributed by atoms with Crippen LogP contribution in [-0.4, -0.2) is 26.4 Å². The normalized spacial score (nSPS) is 18.5. The van der Waals surface area contributed by atoms with Crippen LogP contribution in [0.25, 0.3) is 38.6 Å². The Morgan fingerprint density at radius 1 is 0.750 bits per heavy atom. The molecular formula is C35H26BN3O. The summed E-state index contributed by atoms with van der Waals surface area (Å²) in [5.74, 6) is 0.917. The molecule has 0 saturated heterocycles. The quantitative estimate of drug-likeness (QED) is 0.238. The lowest BCUT2D eigenvalue weighted by atomic mass is 9.54. The van der Waals surface area contributed by atoms with E-state index >= 15 is 0 Å². The lowest BCUT2D eigenvalue weighted by Gasteiger charge is -2.47. The van der Waals surface area contributed by atoms with Gasteiger partial charge in [-0.1, -0.05) is 78.3 Å². The first-order valence-electron chi connectivity index (χ1n) is 14.1. The van der Waals surface area contributed by atoms with Crippen LogP contribution in [-0.2, 0) is 6.54 Å². The van der Waals surface area contributed by atoms with Crippen LogP contribution in [0, 0.1) is 0 Å². The van der Waals surface area contributed by atoms with Crippen LogP contribution in [0.15, 0.2) is 127 Å². The second-order valence-electron chi connectivity index (χ2n) is 10.9. The van der Waals surface area contributed by atoms with E-state index in [4.69, 9.17) is 4.65 Å². The zero-order valence-corrected chi connectivity index (χ0v) is 22.2. The first kappa shape index (κ1) is 21.9. The van der Waals surface area contributed by atoms with Crippen molar-refractivity contribution in [2.45, 2.75) is 13.5 Å². The van der Waals surface area contributed by atoms with E-state index in [0.717, 1.165) is 23.3 Å². The Morgan fingerprint density at radius 3 is 2.42 bits per heavy atom. The molecule has 40 heavy (non-hydrogen) atoms. The molecule has 0 bridgehead atoms. The van der Waals surface area contributed by atoms with Crippen LogP contribution in [0.4, 0.5) is 0 Å². The lowest BCUT2D eigenvalue weighted by molar-refractivity contribution is -0.342. The van der Waals surface area contributed by atoms with Gasteiger partial charge < -0.3 is 18.2 Å². The van der Waals surface area contributed by atoms with E-state index in [9.17, 15) is 0 Å². The van der Waals surface area contributed by atoms with Gasteiger partial charge in [0.15, 0.2) is 5.70 Å². The predicted octanol–water partition coefficient (Wildman–Crippen LogP) is 6.80. The fourth-order valence-electron chi connectivity index (χ4n) is 7.41. The molecule has 0 spiro atoms. The van der Waals surface area contributed by atoms with E-state index in [1.165, 1.54) is 50.0 Å². The molecule has 0 unspecified atom stereocenters. The third-order valence-corrected chi connectivity index (χ3v) is 9.00. The molecule has 4 aromatic carbocycles. The summed E-state index contributed by atoms with van der Waals surface area (Å²) in [5.41, 5.74) is 10.8. The molecule has 190 valence electrons. The summed E-state index contributed by atoms with van der Waals surface area (Å²) < 4.78 is 14.4. The first-order valence-corrected chi connectivity index (χ1v) is 14.1. The Morgan fingerprint density at radius 2 is 1.52 bits per heavy atom. The van der Waals surface area contributed by atoms with Crippen molar-refractivity contribution in [1.29, 1.82) is 0 Å². The van der Waals surface area contributed by atoms with Crippen LogP contribution in [0.5, 0.6) is 5.75 Å². The van der Waals surface area contributed by atoms with Crippen molar-refractivity contribution in [3.05, 3.63) is 138 Å². The number of benzene rings is 4. The third-order valence-electron chi connectivity index (χ3n) is 9.00. The van der Waals surface area contributed by atoms with Gasteiger partial charge in [-0.05, 0) is 48.9 Å². The fraction of sp³-hybridized carbons (Fsp3) is 0.0571. The molecule has 9 rings (SSSR count). The number of nitrogens with zero attached hydrogens (tertiary/aromatic N) is 3. The number of allylic oxidation sites excluding steroid dienone is 2. The van der Waals surface area contributed by atoms with Gasteiger partial charge in [0.2, 0.25) is 0 Å². The third kappa shape index (κ3) is 2.60. The largest absolute Gasteiger partial charge is 0.635 e. The first-order chi connectivity index (χ1) is 19.8. The molecule has 0 radical (unpaired) electrons. The van der Waals surface area contributed by atoms with Crippen LogP contribution in [0.3, 0.4) is 0 Å². The van der Waals surface area contributed by atoms with E-state index in [1.807, 2.05) is 0 Å². The second kappa shape index (κ2) is 7.77. The highest BCUT2D eigenvalue weighted by atomic mass is 16.5. The molecule has 3 aliphatic rings. The molecule has 5 heterocycles. The van der Waals surface area contributed by atoms with Crippen molar-refractivity contribution >= 4 is 45.7 Å². The number of rotatable bonds is 3. The SMILES string of the molecule is CCn1c2ccccc2c2ccc(C3=C4C=CC=[N+]4[B@-]4(c5ccccc5)Oc5ccccc5-c5ccc3n54)cc21. The van der Waals surface area contributed by atoms with Crippen molar-refractivity contribution in [2.75, 3.05) is 0 Å². The van der Waals surface area contributed by atoms with E-state index in [-0.39, 0.29) is 0 Å². The van der Waals surface area contributed by atoms with Gasteiger partial charge in [0.25, 0.3) is 0 Å². The molecule has 4 nitrogen and oxygen atoms in total. The van der Waals surface area contributed by atoms with Crippen molar-refractivity contribution in [2.24, 2.45) is 0 Å². The number of para-hydroxylation sites is 2. The highest BCUT2D eigenvalue weighted by molar-refractivity contribution is 6.80. The zero-order chi connectivity index (χ0) is 26.4. The molecule has 3 aliphatic heterocycles. The molecule has 0 aliphatic carbocycles. The molecule has 0 amide bonds. The van der Waals surface area contributed by atoms with Gasteiger partial charge in [-0.15, -0.1) is 0 Å². The van der Waals surface area contributed by atoms with Gasteiger partial charge in [0, 0.05) is 57.5 Å². The zero-order valence-electron chi connectivity index (χ0n) is 22.2. The van der Waals surface area contributed by atoms with E-state index in [1.54, 1.807) is 0 Å². The average Bonchev–Trinajstić information content (AvgIpc) is 3.75. The minimum atomic E-state index is -1.80. The van der Waals surface area contributed by atoms with Crippen LogP contribution < -0.4 is 10.1 Å². The lowest BCUT2D eigenvalue weighted by Crippen LogP contribution is -2.70. The molecule has 2 aromatic heterocycles. The maximum atomic E-state index is 7.16. The maximum absolute atomic E-state index is 7.16. The Bertz CT molecular complexity index is 2130. The summed E-state index contributed by atoms with van der Waals surface area (Å²) in [5, 5.41) is 2.60. The van der Waals surface area contributed by atoms with E-state index in [2.05, 4.69) is 148 Å². The standard InChI is InChI=1S/C35H26BN3O/c1-2-37-29-15-8-6-13-26(29)27-19-18-24(23-33(27)37)35-31-16-10-22-38(31)36(25-11-4-3-5-12-25)39-30(20-21-32(35)39)28-14-7-9-17-34(28)40-36/h3-23H,2H2,1H3/t36-/m0/s1. The second-order valence-corrected chi connectivity index (χ2v) is 10.9. The highest BCUT2D eigenvalue weighted by Gasteiger charge is 2.56. The summed E-state index contributed by atoms with van der Waals surface area (Å²) in [4.78, 5) is 0. The van der Waals surface area contributed by atoms with Gasteiger partial charge >= 0.3 is 6.62 Å². The van der Waals surface area contributed by atoms with E-state index in [0.29, 0.717) is 0 Å². The van der Waals surface area contributed by atoms with Crippen molar-refractivity contribution < 1.29 is 9.14 Å². The minimum Gasteiger partial charge on any atom is -0.635 e. The van der Waals surface area contributed by atoms with Crippen molar-refractivity contribution in [1.82, 2.24) is 9.05 Å². The Kier molecular flexibility index (Phi) is 4.24. The average molecular weight is 515 g/mol. The summed E-state index contributed by atoms with van der Waals surface area (Å²) in [7, 11) is 0. The Balaban J connectivity index is 1.37. The minimum absolute atomic E-state index is 0.917. The number of hydrogen-bond acceptors (Lipinski definition) is 1. The summed E-state index contributed by atoms with van der Waals surface area (Å²) in [6.45, 7) is 1.35. The van der Waals surface area contributed by atoms with Gasteiger partial charge in [-0.2, -0.15) is 0 Å². The number of aromatic nitrogens is 2. The van der Waals surface area contributed by atoms with Crippen LogP contribution in [0.1, 0.15) is 18.2 Å². The number of hydrogen-bond donors (Lipinski definition) is 0. The van der Waals surface area contributed by atoms with Gasteiger partial charge in [-0.25, -0.2) is 0 Å². The smallest absolute Gasteiger partial charge is 0.597 e. The number of aryl methyl sites for hydroxylation is 1. The van der Waals surface area contributed by atoms with Gasteiger partial charge in [-0.3, -0.25) is 0 Å². The summed E-state index contributed by atoms with van der Waals surface area (Å²) in [6.07, 6.45) is 6.57. The van der Waals surface area contributed by atoms with Gasteiger partial charge in [0.05, 0.1) is 11.3 Å². The number of fused-ring (bicyclic) bond motifs is 7. The molecule has 5 heteroatoms. The molecule has 0 fully saturated rings. The van der Waals surface area contributed by atoms with Crippen LogP contribution in [0.2, 0.25) is 0 Å². The highest BCUT2D eigenvalue weighted by Crippen LogP contribution is 2.47. The topological polar surface area (TPSA) is 22.1 Å². The molecule has 0 N–H and O–H groups in total. The predicted molar refractivity (Wildman–Crippen MR) is 164 cm³/mol. The monoisotopic (exact) mass is 515 g/mol.